The molecule has 0 radical (unpaired) electrons. The maximum absolute atomic E-state index is 9.74. The summed E-state index contributed by atoms with van der Waals surface area (Å²) in [4.78, 5) is 4.43. The van der Waals surface area contributed by atoms with Gasteiger partial charge in [0.15, 0.2) is 5.58 Å². The third kappa shape index (κ3) is 2.25. The van der Waals surface area contributed by atoms with Gasteiger partial charge in [0.2, 0.25) is 5.89 Å². The number of aromatic nitrogens is 1. The quantitative estimate of drug-likeness (QED) is 0.683. The summed E-state index contributed by atoms with van der Waals surface area (Å²) in [5.74, 6) is 0.807. The van der Waals surface area contributed by atoms with Crippen LogP contribution < -0.4 is 0 Å². The van der Waals surface area contributed by atoms with E-state index in [1.54, 1.807) is 36.4 Å². The van der Waals surface area contributed by atoms with Gasteiger partial charge in [0.05, 0.1) is 0 Å². The lowest BCUT2D eigenvalue weighted by Crippen LogP contribution is -1.84. The van der Waals surface area contributed by atoms with Gasteiger partial charge in [-0.2, -0.15) is 0 Å². The summed E-state index contributed by atoms with van der Waals surface area (Å²) in [5.41, 5.74) is 2.87. The molecule has 0 aliphatic rings. The van der Waals surface area contributed by atoms with E-state index in [1.807, 2.05) is 6.92 Å². The van der Waals surface area contributed by atoms with Crippen LogP contribution in [-0.4, -0.2) is 15.2 Å². The molecule has 3 rings (SSSR count). The lowest BCUT2D eigenvalue weighted by atomic mass is 10.1. The molecule has 2 aromatic carbocycles. The highest BCUT2D eigenvalue weighted by atomic mass is 79.9. The fourth-order valence-electron chi connectivity index (χ4n) is 2.07. The van der Waals surface area contributed by atoms with E-state index < -0.39 is 0 Å². The third-order valence-corrected chi connectivity index (χ3v) is 3.54. The molecule has 0 spiro atoms. The van der Waals surface area contributed by atoms with Crippen LogP contribution in [0.5, 0.6) is 11.5 Å². The molecule has 3 aromatic rings. The lowest BCUT2D eigenvalue weighted by Gasteiger charge is -2.04. The van der Waals surface area contributed by atoms with Crippen LogP contribution >= 0.6 is 15.9 Å². The normalized spacial score (nSPS) is 12.7. The highest BCUT2D eigenvalue weighted by Crippen LogP contribution is 2.35. The Morgan fingerprint density at radius 2 is 1.80 bits per heavy atom. The molecule has 0 fully saturated rings. The summed E-state index contributed by atoms with van der Waals surface area (Å²) in [5, 5.41) is 19.0. The van der Waals surface area contributed by atoms with E-state index in [9.17, 15) is 10.2 Å². The van der Waals surface area contributed by atoms with E-state index in [-0.39, 0.29) is 16.3 Å². The summed E-state index contributed by atoms with van der Waals surface area (Å²) in [6.07, 6.45) is 0. The second-order valence-corrected chi connectivity index (χ2v) is 5.94. The van der Waals surface area contributed by atoms with Gasteiger partial charge in [-0.3, -0.25) is 0 Å². The predicted octanol–water partition coefficient (Wildman–Crippen LogP) is 4.36. The Morgan fingerprint density at radius 1 is 1.10 bits per heavy atom. The predicted molar refractivity (Wildman–Crippen MR) is 80.1 cm³/mol. The van der Waals surface area contributed by atoms with E-state index >= 15 is 0 Å². The Morgan fingerprint density at radius 3 is 2.45 bits per heavy atom. The van der Waals surface area contributed by atoms with Crippen LogP contribution in [0.25, 0.3) is 22.6 Å². The van der Waals surface area contributed by atoms with E-state index in [2.05, 4.69) is 20.9 Å². The Labute approximate surface area is 123 Å². The number of aromatic hydroxyl groups is 2. The van der Waals surface area contributed by atoms with E-state index in [4.69, 9.17) is 4.42 Å². The van der Waals surface area contributed by atoms with Gasteiger partial charge in [-0.1, -0.05) is 15.9 Å². The number of rotatable bonds is 2. The molecule has 0 amide bonds. The summed E-state index contributed by atoms with van der Waals surface area (Å²) >= 11 is 3.48. The largest absolute Gasteiger partial charge is 0.508 e. The van der Waals surface area contributed by atoms with Gasteiger partial charge in [-0.05, 0) is 37.3 Å². The number of alkyl halides is 1. The van der Waals surface area contributed by atoms with Crippen molar-refractivity contribution in [2.45, 2.75) is 11.8 Å². The molecule has 0 aliphatic carbocycles. The SMILES string of the molecule is CC(Br)c1cc(O)cc2nc(-c3ccc(O)cc3)oc12. The zero-order chi connectivity index (χ0) is 14.3. The van der Waals surface area contributed by atoms with Gasteiger partial charge in [0, 0.05) is 22.0 Å². The minimum atomic E-state index is 0.0396. The van der Waals surface area contributed by atoms with Crippen LogP contribution in [0, 0.1) is 0 Å². The fraction of sp³-hybridized carbons (Fsp3) is 0.133. The van der Waals surface area contributed by atoms with Gasteiger partial charge in [-0.25, -0.2) is 4.98 Å². The van der Waals surface area contributed by atoms with Crippen molar-refractivity contribution in [3.8, 4) is 23.0 Å². The highest BCUT2D eigenvalue weighted by molar-refractivity contribution is 9.09. The minimum Gasteiger partial charge on any atom is -0.508 e. The molecule has 5 heteroatoms. The molecule has 1 atom stereocenters. The van der Waals surface area contributed by atoms with Crippen molar-refractivity contribution in [1.82, 2.24) is 4.98 Å². The number of hydrogen-bond acceptors (Lipinski definition) is 4. The molecular weight excluding hydrogens is 322 g/mol. The van der Waals surface area contributed by atoms with Crippen molar-refractivity contribution in [1.29, 1.82) is 0 Å². The van der Waals surface area contributed by atoms with Gasteiger partial charge in [0.1, 0.15) is 17.0 Å². The first-order valence-electron chi connectivity index (χ1n) is 6.11. The van der Waals surface area contributed by atoms with Gasteiger partial charge in [-0.15, -0.1) is 0 Å². The molecule has 0 aliphatic heterocycles. The van der Waals surface area contributed by atoms with Crippen molar-refractivity contribution >= 4 is 27.0 Å². The van der Waals surface area contributed by atoms with Crippen molar-refractivity contribution < 1.29 is 14.6 Å². The summed E-state index contributed by atoms with van der Waals surface area (Å²) < 4.78 is 5.81. The van der Waals surface area contributed by atoms with Crippen LogP contribution in [-0.2, 0) is 0 Å². The van der Waals surface area contributed by atoms with E-state index in [0.717, 1.165) is 11.1 Å². The number of phenolic OH excluding ortho intramolecular Hbond substituents is 2. The van der Waals surface area contributed by atoms with Crippen LogP contribution in [0.4, 0.5) is 0 Å². The molecule has 1 heterocycles. The van der Waals surface area contributed by atoms with E-state index in [0.29, 0.717) is 17.0 Å². The molecule has 1 aromatic heterocycles. The zero-order valence-corrected chi connectivity index (χ0v) is 12.3. The van der Waals surface area contributed by atoms with Gasteiger partial charge in [0.25, 0.3) is 0 Å². The topological polar surface area (TPSA) is 66.5 Å². The van der Waals surface area contributed by atoms with Crippen LogP contribution in [0.15, 0.2) is 40.8 Å². The number of fused-ring (bicyclic) bond motifs is 1. The first kappa shape index (κ1) is 13.0. The van der Waals surface area contributed by atoms with E-state index in [1.165, 1.54) is 0 Å². The maximum atomic E-state index is 9.74. The number of phenols is 2. The van der Waals surface area contributed by atoms with Gasteiger partial charge < -0.3 is 14.6 Å². The standard InChI is InChI=1S/C15H12BrNO3/c1-8(16)12-6-11(19)7-13-14(12)20-15(17-13)9-2-4-10(18)5-3-9/h2-8,18-19H,1H3. The number of nitrogens with zero attached hydrogens (tertiary/aromatic N) is 1. The van der Waals surface area contributed by atoms with Crippen LogP contribution in [0.1, 0.15) is 17.3 Å². The Bertz CT molecular complexity index is 763. The molecule has 0 bridgehead atoms. The molecule has 1 unspecified atom stereocenters. The first-order valence-corrected chi connectivity index (χ1v) is 7.03. The third-order valence-electron chi connectivity index (χ3n) is 3.05. The molecule has 0 saturated heterocycles. The van der Waals surface area contributed by atoms with Crippen molar-refractivity contribution in [3.63, 3.8) is 0 Å². The smallest absolute Gasteiger partial charge is 0.227 e. The minimum absolute atomic E-state index is 0.0396. The molecule has 102 valence electrons. The second kappa shape index (κ2) is 4.83. The first-order chi connectivity index (χ1) is 9.54. The summed E-state index contributed by atoms with van der Waals surface area (Å²) in [7, 11) is 0. The second-order valence-electron chi connectivity index (χ2n) is 4.57. The highest BCUT2D eigenvalue weighted by Gasteiger charge is 2.16. The monoisotopic (exact) mass is 333 g/mol. The van der Waals surface area contributed by atoms with Gasteiger partial charge >= 0.3 is 0 Å². The average Bonchev–Trinajstić information content (AvgIpc) is 2.81. The van der Waals surface area contributed by atoms with Crippen LogP contribution in [0.3, 0.4) is 0 Å². The number of hydrogen-bond donors (Lipinski definition) is 2. The Balaban J connectivity index is 2.19. The van der Waals surface area contributed by atoms with Crippen molar-refractivity contribution in [2.24, 2.45) is 0 Å². The molecule has 20 heavy (non-hydrogen) atoms. The lowest BCUT2D eigenvalue weighted by molar-refractivity contribution is 0.474. The number of oxazole rings is 1. The van der Waals surface area contributed by atoms with Crippen molar-refractivity contribution in [3.05, 3.63) is 42.0 Å². The molecular formula is C15H12BrNO3. The Kier molecular flexibility index (Phi) is 3.14. The average molecular weight is 334 g/mol. The molecule has 0 saturated carbocycles. The molecule has 2 N–H and O–H groups in total. The van der Waals surface area contributed by atoms with Crippen LogP contribution in [0.2, 0.25) is 0 Å². The fourth-order valence-corrected chi connectivity index (χ4v) is 2.41. The zero-order valence-electron chi connectivity index (χ0n) is 10.7. The molecule has 4 nitrogen and oxygen atoms in total. The summed E-state index contributed by atoms with van der Waals surface area (Å²) in [6, 6.07) is 9.86. The Hall–Kier alpha value is -2.01. The maximum Gasteiger partial charge on any atom is 0.227 e. The number of halogens is 1. The van der Waals surface area contributed by atoms with Crippen molar-refractivity contribution in [2.75, 3.05) is 0 Å². The summed E-state index contributed by atoms with van der Waals surface area (Å²) in [6.45, 7) is 1.96. The number of benzene rings is 2.